The molecule has 0 aliphatic heterocycles. The van der Waals surface area contributed by atoms with Crippen molar-refractivity contribution < 1.29 is 17.6 Å². The quantitative estimate of drug-likeness (QED) is 0.710. The molecule has 0 unspecified atom stereocenters. The first-order valence-corrected chi connectivity index (χ1v) is 9.65. The normalized spacial score (nSPS) is 11.5. The van der Waals surface area contributed by atoms with Crippen LogP contribution in [0.4, 0.5) is 0 Å². The number of benzene rings is 2. The van der Waals surface area contributed by atoms with Crippen LogP contribution in [0.3, 0.4) is 0 Å². The predicted octanol–water partition coefficient (Wildman–Crippen LogP) is 4.05. The van der Waals surface area contributed by atoms with Gasteiger partial charge in [-0.2, -0.15) is 0 Å². The van der Waals surface area contributed by atoms with Gasteiger partial charge in [-0.3, -0.25) is 0 Å². The SMILES string of the molecule is COc1cc(C)c(C)cc1S(=O)(=O)NCc1ccc(-c2ccoc2)cc1. The Bertz CT molecular complexity index is 991. The van der Waals surface area contributed by atoms with E-state index in [1.807, 2.05) is 44.2 Å². The molecule has 0 radical (unpaired) electrons. The molecule has 1 aromatic heterocycles. The van der Waals surface area contributed by atoms with Crippen LogP contribution in [0.1, 0.15) is 16.7 Å². The predicted molar refractivity (Wildman–Crippen MR) is 101 cm³/mol. The Morgan fingerprint density at radius 3 is 2.31 bits per heavy atom. The van der Waals surface area contributed by atoms with Gasteiger partial charge in [0, 0.05) is 12.1 Å². The first-order valence-electron chi connectivity index (χ1n) is 8.17. The molecule has 0 saturated heterocycles. The number of hydrogen-bond acceptors (Lipinski definition) is 4. The molecule has 0 saturated carbocycles. The van der Waals surface area contributed by atoms with Crippen LogP contribution < -0.4 is 9.46 Å². The average Bonchev–Trinajstić information content (AvgIpc) is 3.17. The van der Waals surface area contributed by atoms with Crippen molar-refractivity contribution in [3.05, 3.63) is 71.7 Å². The van der Waals surface area contributed by atoms with Crippen molar-refractivity contribution in [3.63, 3.8) is 0 Å². The van der Waals surface area contributed by atoms with Crippen LogP contribution in [0.25, 0.3) is 11.1 Å². The molecule has 0 fully saturated rings. The van der Waals surface area contributed by atoms with E-state index in [1.165, 1.54) is 7.11 Å². The summed E-state index contributed by atoms with van der Waals surface area (Å²) in [7, 11) is -2.21. The molecule has 0 atom stereocenters. The number of sulfonamides is 1. The molecular formula is C20H21NO4S. The highest BCUT2D eigenvalue weighted by Crippen LogP contribution is 2.27. The van der Waals surface area contributed by atoms with Gasteiger partial charge in [-0.15, -0.1) is 0 Å². The van der Waals surface area contributed by atoms with Gasteiger partial charge in [-0.1, -0.05) is 24.3 Å². The van der Waals surface area contributed by atoms with Gasteiger partial charge in [0.1, 0.15) is 10.6 Å². The van der Waals surface area contributed by atoms with E-state index in [0.29, 0.717) is 5.75 Å². The Hall–Kier alpha value is -2.57. The topological polar surface area (TPSA) is 68.5 Å². The molecule has 0 aliphatic rings. The summed E-state index contributed by atoms with van der Waals surface area (Å²) in [6, 6.07) is 12.9. The Balaban J connectivity index is 1.77. The molecule has 136 valence electrons. The number of rotatable bonds is 6. The third kappa shape index (κ3) is 3.81. The molecule has 3 aromatic rings. The minimum Gasteiger partial charge on any atom is -0.495 e. The fourth-order valence-electron chi connectivity index (χ4n) is 2.63. The van der Waals surface area contributed by atoms with Gasteiger partial charge >= 0.3 is 0 Å². The minimum atomic E-state index is -3.68. The van der Waals surface area contributed by atoms with Gasteiger partial charge in [-0.05, 0) is 54.3 Å². The van der Waals surface area contributed by atoms with Crippen molar-refractivity contribution in [1.82, 2.24) is 4.72 Å². The van der Waals surface area contributed by atoms with E-state index in [1.54, 1.807) is 24.7 Å². The molecule has 0 spiro atoms. The van der Waals surface area contributed by atoms with E-state index in [0.717, 1.165) is 27.8 Å². The lowest BCUT2D eigenvalue weighted by atomic mass is 10.1. The smallest absolute Gasteiger partial charge is 0.244 e. The maximum absolute atomic E-state index is 12.7. The molecule has 3 rings (SSSR count). The standard InChI is InChI=1S/C20H21NO4S/c1-14-10-19(24-3)20(11-15(14)2)26(22,23)21-12-16-4-6-17(7-5-16)18-8-9-25-13-18/h4-11,13,21H,12H2,1-3H3. The summed E-state index contributed by atoms with van der Waals surface area (Å²) in [5, 5.41) is 0. The van der Waals surface area contributed by atoms with Crippen molar-refractivity contribution in [2.45, 2.75) is 25.3 Å². The largest absolute Gasteiger partial charge is 0.495 e. The molecule has 0 amide bonds. The summed E-state index contributed by atoms with van der Waals surface area (Å²) in [4.78, 5) is 0.151. The van der Waals surface area contributed by atoms with E-state index in [2.05, 4.69) is 4.72 Å². The molecule has 6 heteroatoms. The second-order valence-corrected chi connectivity index (χ2v) is 7.86. The van der Waals surface area contributed by atoms with Gasteiger partial charge in [0.15, 0.2) is 0 Å². The zero-order valence-corrected chi connectivity index (χ0v) is 15.8. The van der Waals surface area contributed by atoms with Gasteiger partial charge in [0.2, 0.25) is 10.0 Å². The van der Waals surface area contributed by atoms with Crippen LogP contribution in [0, 0.1) is 13.8 Å². The highest BCUT2D eigenvalue weighted by Gasteiger charge is 2.20. The Labute approximate surface area is 153 Å². The fraction of sp³-hybridized carbons (Fsp3) is 0.200. The lowest BCUT2D eigenvalue weighted by Crippen LogP contribution is -2.24. The van der Waals surface area contributed by atoms with Crippen molar-refractivity contribution >= 4 is 10.0 Å². The van der Waals surface area contributed by atoms with E-state index < -0.39 is 10.0 Å². The van der Waals surface area contributed by atoms with Crippen molar-refractivity contribution in [2.75, 3.05) is 7.11 Å². The van der Waals surface area contributed by atoms with E-state index in [9.17, 15) is 8.42 Å². The average molecular weight is 371 g/mol. The van der Waals surface area contributed by atoms with Gasteiger partial charge in [0.25, 0.3) is 0 Å². The fourth-order valence-corrected chi connectivity index (χ4v) is 3.88. The zero-order chi connectivity index (χ0) is 18.7. The Kier molecular flexibility index (Phi) is 5.15. The Morgan fingerprint density at radius 1 is 1.00 bits per heavy atom. The second-order valence-electron chi connectivity index (χ2n) is 6.12. The van der Waals surface area contributed by atoms with Crippen LogP contribution in [0.15, 0.2) is 64.3 Å². The summed E-state index contributed by atoms with van der Waals surface area (Å²) in [6.45, 7) is 4.00. The first-order chi connectivity index (χ1) is 12.4. The molecule has 2 aromatic carbocycles. The number of methoxy groups -OCH3 is 1. The number of hydrogen-bond donors (Lipinski definition) is 1. The summed E-state index contributed by atoms with van der Waals surface area (Å²) < 4.78 is 38.4. The summed E-state index contributed by atoms with van der Waals surface area (Å²) in [5.74, 6) is 0.343. The zero-order valence-electron chi connectivity index (χ0n) is 14.9. The third-order valence-electron chi connectivity index (χ3n) is 4.34. The lowest BCUT2D eigenvalue weighted by Gasteiger charge is -2.13. The van der Waals surface area contributed by atoms with Gasteiger partial charge in [-0.25, -0.2) is 13.1 Å². The van der Waals surface area contributed by atoms with E-state index in [-0.39, 0.29) is 11.4 Å². The van der Waals surface area contributed by atoms with Crippen molar-refractivity contribution in [3.8, 4) is 16.9 Å². The molecule has 1 N–H and O–H groups in total. The second kappa shape index (κ2) is 7.35. The summed E-state index contributed by atoms with van der Waals surface area (Å²) in [5.41, 5.74) is 4.74. The third-order valence-corrected chi connectivity index (χ3v) is 5.77. The number of ether oxygens (including phenoxy) is 1. The van der Waals surface area contributed by atoms with Crippen molar-refractivity contribution in [2.24, 2.45) is 0 Å². The monoisotopic (exact) mass is 371 g/mol. The van der Waals surface area contributed by atoms with Gasteiger partial charge < -0.3 is 9.15 Å². The van der Waals surface area contributed by atoms with Gasteiger partial charge in [0.05, 0.1) is 19.6 Å². The van der Waals surface area contributed by atoms with Crippen LogP contribution in [-0.2, 0) is 16.6 Å². The van der Waals surface area contributed by atoms with Crippen molar-refractivity contribution in [1.29, 1.82) is 0 Å². The maximum Gasteiger partial charge on any atom is 0.244 e. The molecule has 1 heterocycles. The van der Waals surface area contributed by atoms with E-state index >= 15 is 0 Å². The van der Waals surface area contributed by atoms with Crippen LogP contribution in [0.5, 0.6) is 5.75 Å². The molecule has 5 nitrogen and oxygen atoms in total. The summed E-state index contributed by atoms with van der Waals surface area (Å²) >= 11 is 0. The number of nitrogens with one attached hydrogen (secondary N) is 1. The number of aryl methyl sites for hydroxylation is 2. The molecule has 0 bridgehead atoms. The van der Waals surface area contributed by atoms with Crippen LogP contribution >= 0.6 is 0 Å². The molecule has 26 heavy (non-hydrogen) atoms. The lowest BCUT2D eigenvalue weighted by molar-refractivity contribution is 0.402. The molecule has 0 aliphatic carbocycles. The summed E-state index contributed by atoms with van der Waals surface area (Å²) in [6.07, 6.45) is 3.29. The number of furan rings is 1. The molecular weight excluding hydrogens is 350 g/mol. The highest BCUT2D eigenvalue weighted by atomic mass is 32.2. The van der Waals surface area contributed by atoms with Crippen LogP contribution in [0.2, 0.25) is 0 Å². The first kappa shape index (κ1) is 18.2. The highest BCUT2D eigenvalue weighted by molar-refractivity contribution is 7.89. The Morgan fingerprint density at radius 2 is 1.69 bits per heavy atom. The maximum atomic E-state index is 12.7. The van der Waals surface area contributed by atoms with E-state index in [4.69, 9.17) is 9.15 Å². The minimum absolute atomic E-state index is 0.151. The van der Waals surface area contributed by atoms with Crippen LogP contribution in [-0.4, -0.2) is 15.5 Å².